The highest BCUT2D eigenvalue weighted by atomic mass is 14.6. The van der Waals surface area contributed by atoms with Crippen LogP contribution < -0.4 is 0 Å². The minimum absolute atomic E-state index is 0.125. The third-order valence-electron chi connectivity index (χ3n) is 8.82. The minimum atomic E-state index is 0.125. The van der Waals surface area contributed by atoms with Crippen molar-refractivity contribution in [2.45, 2.75) is 80.1 Å². The van der Waals surface area contributed by atoms with E-state index in [4.69, 9.17) is 0 Å². The Morgan fingerprint density at radius 1 is 1.03 bits per heavy atom. The average molecular weight is 403 g/mol. The number of hydrogen-bond donors (Lipinski definition) is 0. The van der Waals surface area contributed by atoms with Gasteiger partial charge in [-0.25, -0.2) is 0 Å². The van der Waals surface area contributed by atoms with Crippen LogP contribution in [-0.4, -0.2) is 0 Å². The van der Waals surface area contributed by atoms with Gasteiger partial charge in [0.05, 0.1) is 0 Å². The van der Waals surface area contributed by atoms with E-state index in [9.17, 15) is 0 Å². The van der Waals surface area contributed by atoms with Crippen LogP contribution in [0.25, 0.3) is 0 Å². The molecule has 0 radical (unpaired) electrons. The smallest absolute Gasteiger partial charge is 0.0278 e. The summed E-state index contributed by atoms with van der Waals surface area (Å²) >= 11 is 0. The molecule has 1 fully saturated rings. The zero-order valence-corrected chi connectivity index (χ0v) is 20.3. The van der Waals surface area contributed by atoms with Crippen LogP contribution in [0, 0.1) is 34.0 Å². The van der Waals surface area contributed by atoms with E-state index >= 15 is 0 Å². The predicted molar refractivity (Wildman–Crippen MR) is 131 cm³/mol. The molecule has 5 atom stereocenters. The Hall–Kier alpha value is -1.56. The Morgan fingerprint density at radius 2 is 1.77 bits per heavy atom. The van der Waals surface area contributed by atoms with Gasteiger partial charge in [-0.1, -0.05) is 86.9 Å². The van der Waals surface area contributed by atoms with Gasteiger partial charge in [0, 0.05) is 10.8 Å². The Balaban J connectivity index is 1.62. The summed E-state index contributed by atoms with van der Waals surface area (Å²) in [5, 5.41) is 0. The molecule has 1 saturated carbocycles. The fourth-order valence-corrected chi connectivity index (χ4v) is 7.17. The highest BCUT2D eigenvalue weighted by Gasteiger charge is 2.54. The average Bonchev–Trinajstić information content (AvgIpc) is 3.00. The van der Waals surface area contributed by atoms with E-state index in [0.717, 1.165) is 18.8 Å². The molecule has 0 aliphatic heterocycles. The minimum Gasteiger partial charge on any atom is -0.100 e. The van der Waals surface area contributed by atoms with Crippen molar-refractivity contribution in [1.82, 2.24) is 0 Å². The van der Waals surface area contributed by atoms with Crippen LogP contribution in [0.4, 0.5) is 0 Å². The van der Waals surface area contributed by atoms with Gasteiger partial charge in [0.1, 0.15) is 0 Å². The molecule has 4 aliphatic carbocycles. The molecular formula is C30H42. The molecule has 0 heteroatoms. The van der Waals surface area contributed by atoms with Crippen molar-refractivity contribution in [3.63, 3.8) is 0 Å². The van der Waals surface area contributed by atoms with E-state index in [1.165, 1.54) is 36.8 Å². The predicted octanol–water partition coefficient (Wildman–Crippen LogP) is 8.76. The molecule has 0 aromatic heterocycles. The van der Waals surface area contributed by atoms with Crippen molar-refractivity contribution in [3.8, 4) is 0 Å². The van der Waals surface area contributed by atoms with Crippen LogP contribution in [0.15, 0.2) is 71.4 Å². The SMILES string of the molecule is C=C(C)CCCC(=C)C1=CCC2C3C[C@H](C)C4=CC(C)(C)C=C[C@]4(C)C3=CC[C@]12C. The summed E-state index contributed by atoms with van der Waals surface area (Å²) in [6, 6.07) is 0. The first kappa shape index (κ1) is 21.7. The lowest BCUT2D eigenvalue weighted by Crippen LogP contribution is -2.45. The number of hydrogen-bond acceptors (Lipinski definition) is 0. The number of allylic oxidation sites excluding steroid dienone is 10. The maximum atomic E-state index is 4.55. The summed E-state index contributed by atoms with van der Waals surface area (Å²) in [6.07, 6.45) is 19.9. The molecule has 2 unspecified atom stereocenters. The first-order valence-electron chi connectivity index (χ1n) is 12.2. The van der Waals surface area contributed by atoms with E-state index in [1.54, 1.807) is 16.7 Å². The second-order valence-electron chi connectivity index (χ2n) is 11.9. The van der Waals surface area contributed by atoms with Crippen LogP contribution in [-0.2, 0) is 0 Å². The van der Waals surface area contributed by atoms with E-state index in [0.29, 0.717) is 11.8 Å². The Kier molecular flexibility index (Phi) is 5.23. The van der Waals surface area contributed by atoms with Crippen LogP contribution in [0.3, 0.4) is 0 Å². The second kappa shape index (κ2) is 7.25. The highest BCUT2D eigenvalue weighted by Crippen LogP contribution is 2.64. The van der Waals surface area contributed by atoms with E-state index in [-0.39, 0.29) is 16.2 Å². The van der Waals surface area contributed by atoms with Crippen LogP contribution >= 0.6 is 0 Å². The van der Waals surface area contributed by atoms with Crippen molar-refractivity contribution < 1.29 is 0 Å². The molecule has 0 bridgehead atoms. The summed E-state index contributed by atoms with van der Waals surface area (Å²) in [5.74, 6) is 2.09. The van der Waals surface area contributed by atoms with Crippen LogP contribution in [0.5, 0.6) is 0 Å². The zero-order valence-electron chi connectivity index (χ0n) is 20.3. The fourth-order valence-electron chi connectivity index (χ4n) is 7.17. The van der Waals surface area contributed by atoms with Crippen molar-refractivity contribution in [2.75, 3.05) is 0 Å². The van der Waals surface area contributed by atoms with Gasteiger partial charge in [-0.2, -0.15) is 0 Å². The molecule has 0 spiro atoms. The summed E-state index contributed by atoms with van der Waals surface area (Å²) in [6.45, 7) is 22.9. The zero-order chi connectivity index (χ0) is 21.9. The molecule has 0 N–H and O–H groups in total. The van der Waals surface area contributed by atoms with Crippen molar-refractivity contribution in [1.29, 1.82) is 0 Å². The number of fused-ring (bicyclic) bond motifs is 5. The van der Waals surface area contributed by atoms with Gasteiger partial charge in [0.2, 0.25) is 0 Å². The Labute approximate surface area is 185 Å². The summed E-state index contributed by atoms with van der Waals surface area (Å²) < 4.78 is 0. The molecule has 0 heterocycles. The number of rotatable bonds is 5. The Bertz CT molecular complexity index is 885. The topological polar surface area (TPSA) is 0 Å². The standard InChI is InChI=1S/C30H42/c1-20(2)10-9-11-21(3)24-12-13-25-23-18-22(4)27-19-28(5,6)16-17-30(27,8)26(23)14-15-29(24,25)7/h12,14,16-17,19,22-23,25H,1,3,9-11,13,15,18H2,2,4-8H3/t22-,23?,25?,29+,30+/m0/s1. The monoisotopic (exact) mass is 402 g/mol. The van der Waals surface area contributed by atoms with Gasteiger partial charge in [0.15, 0.2) is 0 Å². The molecule has 0 aromatic carbocycles. The molecule has 162 valence electrons. The summed E-state index contributed by atoms with van der Waals surface area (Å²) in [5.41, 5.74) is 8.19. The van der Waals surface area contributed by atoms with Crippen molar-refractivity contribution >= 4 is 0 Å². The molecule has 0 saturated heterocycles. The molecule has 30 heavy (non-hydrogen) atoms. The molecule has 0 aromatic rings. The van der Waals surface area contributed by atoms with E-state index in [2.05, 4.69) is 85.1 Å². The lowest BCUT2D eigenvalue weighted by atomic mass is 9.49. The van der Waals surface area contributed by atoms with Crippen LogP contribution in [0.1, 0.15) is 80.1 Å². The summed E-state index contributed by atoms with van der Waals surface area (Å²) in [4.78, 5) is 0. The largest absolute Gasteiger partial charge is 0.100 e. The lowest BCUT2D eigenvalue weighted by Gasteiger charge is -2.55. The highest BCUT2D eigenvalue weighted by molar-refractivity contribution is 5.49. The molecule has 4 aliphatic rings. The van der Waals surface area contributed by atoms with Gasteiger partial charge < -0.3 is 0 Å². The van der Waals surface area contributed by atoms with Gasteiger partial charge in [-0.3, -0.25) is 0 Å². The van der Waals surface area contributed by atoms with Crippen molar-refractivity contribution in [3.05, 3.63) is 71.4 Å². The molecule has 0 nitrogen and oxygen atoms in total. The third kappa shape index (κ3) is 3.35. The fraction of sp³-hybridized carbons (Fsp3) is 0.600. The third-order valence-corrected chi connectivity index (χ3v) is 8.82. The first-order valence-corrected chi connectivity index (χ1v) is 12.2. The van der Waals surface area contributed by atoms with Gasteiger partial charge in [0.25, 0.3) is 0 Å². The van der Waals surface area contributed by atoms with Gasteiger partial charge in [-0.15, -0.1) is 6.58 Å². The summed E-state index contributed by atoms with van der Waals surface area (Å²) in [7, 11) is 0. The molecule has 4 rings (SSSR count). The van der Waals surface area contributed by atoms with E-state index < -0.39 is 0 Å². The first-order chi connectivity index (χ1) is 14.0. The van der Waals surface area contributed by atoms with Gasteiger partial charge in [-0.05, 0) is 81.1 Å². The molecule has 0 amide bonds. The second-order valence-corrected chi connectivity index (χ2v) is 11.9. The van der Waals surface area contributed by atoms with E-state index in [1.807, 2.05) is 0 Å². The maximum absolute atomic E-state index is 4.55. The van der Waals surface area contributed by atoms with Crippen molar-refractivity contribution in [2.24, 2.45) is 34.0 Å². The Morgan fingerprint density at radius 3 is 2.47 bits per heavy atom. The molecular weight excluding hydrogens is 360 g/mol. The van der Waals surface area contributed by atoms with Gasteiger partial charge >= 0.3 is 0 Å². The normalized spacial score (nSPS) is 38.6. The lowest BCUT2D eigenvalue weighted by molar-refractivity contribution is 0.135. The van der Waals surface area contributed by atoms with Crippen LogP contribution in [0.2, 0.25) is 0 Å². The maximum Gasteiger partial charge on any atom is 0.0278 e. The quantitative estimate of drug-likeness (QED) is 0.403.